The predicted molar refractivity (Wildman–Crippen MR) is 174 cm³/mol. The van der Waals surface area contributed by atoms with E-state index in [4.69, 9.17) is 9.72 Å². The van der Waals surface area contributed by atoms with E-state index >= 15 is 0 Å². The minimum atomic E-state index is -0.778. The van der Waals surface area contributed by atoms with Gasteiger partial charge in [0, 0.05) is 31.2 Å². The van der Waals surface area contributed by atoms with E-state index in [2.05, 4.69) is 71.0 Å². The van der Waals surface area contributed by atoms with Crippen LogP contribution in [-0.4, -0.2) is 69.6 Å². The summed E-state index contributed by atoms with van der Waals surface area (Å²) < 4.78 is 7.86. The zero-order valence-corrected chi connectivity index (χ0v) is 27.3. The average molecular weight is 599 g/mol. The fourth-order valence-corrected chi connectivity index (χ4v) is 8.65. The maximum absolute atomic E-state index is 13.8. The number of amides is 1. The second-order valence-corrected chi connectivity index (χ2v) is 14.5. The molecule has 7 heteroatoms. The smallest absolute Gasteiger partial charge is 0.319 e. The molecular weight excluding hydrogens is 548 g/mol. The molecule has 1 aromatic heterocycles. The number of para-hydroxylation sites is 2. The van der Waals surface area contributed by atoms with Crippen molar-refractivity contribution >= 4 is 22.9 Å². The maximum Gasteiger partial charge on any atom is 0.319 e. The third-order valence-corrected chi connectivity index (χ3v) is 10.9. The highest BCUT2D eigenvalue weighted by Crippen LogP contribution is 2.45. The van der Waals surface area contributed by atoms with Crippen LogP contribution in [0, 0.1) is 18.3 Å². The van der Waals surface area contributed by atoms with Crippen LogP contribution in [0.2, 0.25) is 0 Å². The first-order valence-electron chi connectivity index (χ1n) is 16.8. The molecule has 3 saturated heterocycles. The topological polar surface area (TPSA) is 67.7 Å². The minimum absolute atomic E-state index is 0.0205. The largest absolute Gasteiger partial charge is 0.465 e. The van der Waals surface area contributed by atoms with Crippen molar-refractivity contribution in [2.75, 3.05) is 26.2 Å². The predicted octanol–water partition coefficient (Wildman–Crippen LogP) is 6.69. The summed E-state index contributed by atoms with van der Waals surface area (Å²) in [5.74, 6) is -0.132. The van der Waals surface area contributed by atoms with Crippen LogP contribution in [0.5, 0.6) is 0 Å². The van der Waals surface area contributed by atoms with Gasteiger partial charge >= 0.3 is 5.97 Å². The molecule has 4 atom stereocenters. The highest BCUT2D eigenvalue weighted by Gasteiger charge is 2.46. The second kappa shape index (κ2) is 12.3. The molecule has 1 unspecified atom stereocenters. The lowest BCUT2D eigenvalue weighted by Crippen LogP contribution is -2.52. The van der Waals surface area contributed by atoms with E-state index < -0.39 is 17.3 Å². The van der Waals surface area contributed by atoms with Crippen LogP contribution in [0.1, 0.15) is 90.1 Å². The number of hydrogen-bond acceptors (Lipinski definition) is 5. The number of imidazole rings is 1. The van der Waals surface area contributed by atoms with Gasteiger partial charge in [0.1, 0.15) is 11.7 Å². The van der Waals surface area contributed by atoms with Gasteiger partial charge in [0.15, 0.2) is 0 Å². The van der Waals surface area contributed by atoms with Gasteiger partial charge in [0.2, 0.25) is 5.91 Å². The molecule has 0 radical (unpaired) electrons. The van der Waals surface area contributed by atoms with Gasteiger partial charge in [-0.3, -0.25) is 14.5 Å². The number of piperidine rings is 2. The van der Waals surface area contributed by atoms with Crippen LogP contribution in [0.3, 0.4) is 0 Å². The molecule has 7 nitrogen and oxygen atoms in total. The molecule has 0 N–H and O–H groups in total. The number of esters is 1. The second-order valence-electron chi connectivity index (χ2n) is 14.5. The highest BCUT2D eigenvalue weighted by molar-refractivity contribution is 5.98. The molecule has 0 saturated carbocycles. The number of aromatic nitrogens is 2. The Morgan fingerprint density at radius 3 is 2.23 bits per heavy atom. The van der Waals surface area contributed by atoms with Gasteiger partial charge in [-0.1, -0.05) is 63.2 Å². The third-order valence-electron chi connectivity index (χ3n) is 10.9. The lowest BCUT2D eigenvalue weighted by Gasteiger charge is -2.46. The number of aryl methyl sites for hydroxylation is 1. The van der Waals surface area contributed by atoms with Crippen molar-refractivity contribution in [1.29, 1.82) is 0 Å². The van der Waals surface area contributed by atoms with Crippen molar-refractivity contribution in [3.63, 3.8) is 0 Å². The molecule has 3 fully saturated rings. The third kappa shape index (κ3) is 5.80. The molecular formula is C37H50N4O3. The van der Waals surface area contributed by atoms with Crippen LogP contribution >= 0.6 is 0 Å². The average Bonchev–Trinajstić information content (AvgIpc) is 3.46. The van der Waals surface area contributed by atoms with Crippen molar-refractivity contribution in [2.45, 2.75) is 103 Å². The first kappa shape index (κ1) is 30.8. The van der Waals surface area contributed by atoms with E-state index in [0.717, 1.165) is 37.1 Å². The summed E-state index contributed by atoms with van der Waals surface area (Å²) in [5, 5.41) is 0. The number of carbonyl (C=O) groups is 2. The van der Waals surface area contributed by atoms with Crippen LogP contribution in [-0.2, 0) is 19.7 Å². The van der Waals surface area contributed by atoms with Crippen molar-refractivity contribution in [2.24, 2.45) is 11.3 Å². The van der Waals surface area contributed by atoms with Gasteiger partial charge in [-0.05, 0) is 93.9 Å². The molecule has 3 aromatic rings. The molecule has 3 aliphatic rings. The Labute approximate surface area is 263 Å². The normalized spacial score (nSPS) is 24.4. The summed E-state index contributed by atoms with van der Waals surface area (Å²) in [6, 6.07) is 21.2. The molecule has 4 heterocycles. The van der Waals surface area contributed by atoms with Crippen molar-refractivity contribution in [3.8, 4) is 0 Å². The molecule has 6 rings (SSSR count). The summed E-state index contributed by atoms with van der Waals surface area (Å²) in [5.41, 5.74) is 3.28. The minimum Gasteiger partial charge on any atom is -0.465 e. The number of rotatable bonds is 8. The monoisotopic (exact) mass is 598 g/mol. The van der Waals surface area contributed by atoms with E-state index in [9.17, 15) is 9.59 Å². The zero-order chi connectivity index (χ0) is 31.1. The van der Waals surface area contributed by atoms with Gasteiger partial charge in [0.25, 0.3) is 0 Å². The Morgan fingerprint density at radius 2 is 1.59 bits per heavy atom. The quantitative estimate of drug-likeness (QED) is 0.214. The highest BCUT2D eigenvalue weighted by atomic mass is 16.5. The number of carbonyl (C=O) groups excluding carboxylic acids is 2. The molecule has 3 aliphatic heterocycles. The Morgan fingerprint density at radius 1 is 0.955 bits per heavy atom. The molecule has 0 spiro atoms. The first-order chi connectivity index (χ1) is 21.1. The number of fused-ring (bicyclic) bond motifs is 3. The van der Waals surface area contributed by atoms with Gasteiger partial charge in [-0.15, -0.1) is 0 Å². The maximum atomic E-state index is 13.8. The molecule has 1 amide bonds. The number of likely N-dealkylation sites (tertiary alicyclic amines) is 1. The standard InChI is InChI=1S/C37H50N4O3/c1-6-44-35(43)33(36(3,4)5)34(42)39-21-18-37(19-22-39,27-12-8-7-9-13-27)20-23-40-28-16-17-29(40)25-30(24-28)41-26(2)38-31-14-10-11-15-32(31)41/h7-15,28-30,33H,6,16-25H2,1-5H3/t28-,29+,30+,33?. The van der Waals surface area contributed by atoms with Crippen LogP contribution in [0.25, 0.3) is 11.0 Å². The van der Waals surface area contributed by atoms with Gasteiger partial charge in [-0.2, -0.15) is 0 Å². The fourth-order valence-electron chi connectivity index (χ4n) is 8.65. The lowest BCUT2D eigenvalue weighted by atomic mass is 9.69. The number of nitrogens with zero attached hydrogens (tertiary/aromatic N) is 4. The summed E-state index contributed by atoms with van der Waals surface area (Å²) in [4.78, 5) is 36.3. The summed E-state index contributed by atoms with van der Waals surface area (Å²) in [6.07, 6.45) is 7.82. The summed E-state index contributed by atoms with van der Waals surface area (Å²) in [7, 11) is 0. The summed E-state index contributed by atoms with van der Waals surface area (Å²) in [6.45, 7) is 12.5. The molecule has 2 bridgehead atoms. The van der Waals surface area contributed by atoms with E-state index in [1.807, 2.05) is 25.7 Å². The lowest BCUT2D eigenvalue weighted by molar-refractivity contribution is -0.161. The van der Waals surface area contributed by atoms with Crippen molar-refractivity contribution in [1.82, 2.24) is 19.4 Å². The zero-order valence-electron chi connectivity index (χ0n) is 27.3. The van der Waals surface area contributed by atoms with E-state index in [1.165, 1.54) is 36.8 Å². The van der Waals surface area contributed by atoms with Gasteiger partial charge < -0.3 is 14.2 Å². The molecule has 2 aromatic carbocycles. The van der Waals surface area contributed by atoms with E-state index in [-0.39, 0.29) is 17.9 Å². The van der Waals surface area contributed by atoms with E-state index in [0.29, 0.717) is 31.2 Å². The number of ether oxygens (including phenoxy) is 1. The first-order valence-corrected chi connectivity index (χ1v) is 16.8. The molecule has 44 heavy (non-hydrogen) atoms. The van der Waals surface area contributed by atoms with Gasteiger partial charge in [0.05, 0.1) is 17.6 Å². The molecule has 236 valence electrons. The van der Waals surface area contributed by atoms with Gasteiger partial charge in [-0.25, -0.2) is 4.98 Å². The number of benzene rings is 2. The Hall–Kier alpha value is -3.19. The van der Waals surface area contributed by atoms with E-state index in [1.54, 1.807) is 6.92 Å². The van der Waals surface area contributed by atoms with Crippen molar-refractivity contribution in [3.05, 3.63) is 66.0 Å². The van der Waals surface area contributed by atoms with Crippen LogP contribution in [0.4, 0.5) is 0 Å². The summed E-state index contributed by atoms with van der Waals surface area (Å²) >= 11 is 0. The Bertz CT molecular complexity index is 1450. The SMILES string of the molecule is CCOC(=O)C(C(=O)N1CCC(CCN2[C@@H]3CC[C@H]2C[C@@H](n2c(C)nc4ccccc42)C3)(c2ccccc2)CC1)C(C)(C)C. The fraction of sp³-hybridized carbons (Fsp3) is 0.595. The number of hydrogen-bond donors (Lipinski definition) is 0. The van der Waals surface area contributed by atoms with Crippen LogP contribution < -0.4 is 0 Å². The van der Waals surface area contributed by atoms with Crippen molar-refractivity contribution < 1.29 is 14.3 Å². The van der Waals surface area contributed by atoms with Crippen LogP contribution in [0.15, 0.2) is 54.6 Å². The molecule has 0 aliphatic carbocycles. The Balaban J connectivity index is 1.16. The Kier molecular flexibility index (Phi) is 8.62.